The van der Waals surface area contributed by atoms with Gasteiger partial charge in [-0.15, -0.1) is 0 Å². The van der Waals surface area contributed by atoms with E-state index in [1.165, 1.54) is 25.2 Å². The number of hydrogen-bond acceptors (Lipinski definition) is 2. The van der Waals surface area contributed by atoms with Crippen LogP contribution in [0.15, 0.2) is 18.2 Å². The molecule has 1 rings (SSSR count). The van der Waals surface area contributed by atoms with E-state index in [1.807, 2.05) is 0 Å². The molecule has 1 N–H and O–H groups in total. The van der Waals surface area contributed by atoms with Gasteiger partial charge in [-0.1, -0.05) is 30.1 Å². The Labute approximate surface area is 109 Å². The Kier molecular flexibility index (Phi) is 4.78. The van der Waals surface area contributed by atoms with Crippen molar-refractivity contribution < 1.29 is 9.59 Å². The van der Waals surface area contributed by atoms with Gasteiger partial charge in [0, 0.05) is 23.5 Å². The van der Waals surface area contributed by atoms with E-state index in [9.17, 15) is 9.59 Å². The standard InChI is InChI=1S/C11H12Cl2N2O2/c1-3-10(16)15(11(17)14-2)9-5-7(12)4-8(13)6-9/h4-6H,3H2,1-2H3,(H,14,17). The average molecular weight is 275 g/mol. The predicted molar refractivity (Wildman–Crippen MR) is 68.7 cm³/mol. The maximum Gasteiger partial charge on any atom is 0.328 e. The number of carbonyl (C=O) groups is 2. The number of amides is 3. The highest BCUT2D eigenvalue weighted by Gasteiger charge is 2.21. The molecule has 17 heavy (non-hydrogen) atoms. The Bertz CT molecular complexity index is 413. The molecule has 6 heteroatoms. The maximum absolute atomic E-state index is 11.7. The highest BCUT2D eigenvalue weighted by atomic mass is 35.5. The first kappa shape index (κ1) is 13.8. The van der Waals surface area contributed by atoms with Crippen molar-refractivity contribution in [3.8, 4) is 0 Å². The minimum Gasteiger partial charge on any atom is -0.340 e. The van der Waals surface area contributed by atoms with Gasteiger partial charge in [0.2, 0.25) is 5.91 Å². The van der Waals surface area contributed by atoms with Crippen molar-refractivity contribution in [2.45, 2.75) is 13.3 Å². The van der Waals surface area contributed by atoms with Crippen LogP contribution in [-0.2, 0) is 4.79 Å². The monoisotopic (exact) mass is 274 g/mol. The number of rotatable bonds is 2. The molecule has 3 amide bonds. The summed E-state index contributed by atoms with van der Waals surface area (Å²) in [5, 5.41) is 3.13. The van der Waals surface area contributed by atoms with Crippen molar-refractivity contribution in [3.63, 3.8) is 0 Å². The molecule has 0 aliphatic rings. The number of nitrogens with zero attached hydrogens (tertiary/aromatic N) is 1. The van der Waals surface area contributed by atoms with Gasteiger partial charge >= 0.3 is 6.03 Å². The molecule has 0 spiro atoms. The van der Waals surface area contributed by atoms with Crippen LogP contribution in [0.5, 0.6) is 0 Å². The molecular formula is C11H12Cl2N2O2. The molecule has 0 aliphatic carbocycles. The van der Waals surface area contributed by atoms with Gasteiger partial charge in [-0.05, 0) is 18.2 Å². The molecule has 0 fully saturated rings. The van der Waals surface area contributed by atoms with Crippen LogP contribution in [-0.4, -0.2) is 19.0 Å². The third-order valence-electron chi connectivity index (χ3n) is 2.07. The first-order chi connectivity index (χ1) is 7.99. The minimum absolute atomic E-state index is 0.206. The van der Waals surface area contributed by atoms with Crippen molar-refractivity contribution in [2.75, 3.05) is 11.9 Å². The topological polar surface area (TPSA) is 49.4 Å². The van der Waals surface area contributed by atoms with Crippen molar-refractivity contribution in [2.24, 2.45) is 0 Å². The number of urea groups is 1. The third-order valence-corrected chi connectivity index (χ3v) is 2.51. The van der Waals surface area contributed by atoms with Crippen LogP contribution in [0.25, 0.3) is 0 Å². The van der Waals surface area contributed by atoms with Gasteiger partial charge in [0.05, 0.1) is 5.69 Å². The third kappa shape index (κ3) is 3.35. The quantitative estimate of drug-likeness (QED) is 0.901. The summed E-state index contributed by atoms with van der Waals surface area (Å²) in [5.41, 5.74) is 0.355. The Morgan fingerprint density at radius 3 is 2.18 bits per heavy atom. The molecule has 0 bridgehead atoms. The zero-order valence-corrected chi connectivity index (χ0v) is 11.0. The zero-order chi connectivity index (χ0) is 13.0. The van der Waals surface area contributed by atoms with Crippen molar-refractivity contribution in [3.05, 3.63) is 28.2 Å². The Morgan fingerprint density at radius 2 is 1.76 bits per heavy atom. The van der Waals surface area contributed by atoms with Crippen LogP contribution >= 0.6 is 23.2 Å². The van der Waals surface area contributed by atoms with E-state index in [2.05, 4.69) is 5.32 Å². The summed E-state index contributed by atoms with van der Waals surface area (Å²) in [7, 11) is 1.45. The molecule has 0 aromatic heterocycles. The maximum atomic E-state index is 11.7. The van der Waals surface area contributed by atoms with E-state index in [0.29, 0.717) is 15.7 Å². The predicted octanol–water partition coefficient (Wildman–Crippen LogP) is 3.08. The molecule has 0 radical (unpaired) electrons. The number of anilines is 1. The van der Waals surface area contributed by atoms with Gasteiger partial charge in [0.15, 0.2) is 0 Å². The first-order valence-electron chi connectivity index (χ1n) is 5.00. The molecule has 0 heterocycles. The second kappa shape index (κ2) is 5.89. The van der Waals surface area contributed by atoms with Gasteiger partial charge < -0.3 is 5.32 Å². The minimum atomic E-state index is -0.518. The van der Waals surface area contributed by atoms with Crippen molar-refractivity contribution >= 4 is 40.8 Å². The van der Waals surface area contributed by atoms with Gasteiger partial charge in [-0.2, -0.15) is 0 Å². The lowest BCUT2D eigenvalue weighted by atomic mass is 10.2. The van der Waals surface area contributed by atoms with E-state index in [1.54, 1.807) is 6.92 Å². The molecule has 0 aliphatic heterocycles. The molecular weight excluding hydrogens is 263 g/mol. The van der Waals surface area contributed by atoms with Crippen LogP contribution < -0.4 is 10.2 Å². The highest BCUT2D eigenvalue weighted by molar-refractivity contribution is 6.35. The van der Waals surface area contributed by atoms with Crippen molar-refractivity contribution in [1.82, 2.24) is 5.32 Å². The summed E-state index contributed by atoms with van der Waals surface area (Å²) in [6.07, 6.45) is 0.206. The molecule has 4 nitrogen and oxygen atoms in total. The Morgan fingerprint density at radius 1 is 1.24 bits per heavy atom. The SMILES string of the molecule is CCC(=O)N(C(=O)NC)c1cc(Cl)cc(Cl)c1. The van der Waals surface area contributed by atoms with Crippen LogP contribution in [0.2, 0.25) is 10.0 Å². The largest absolute Gasteiger partial charge is 0.340 e. The number of halogens is 2. The summed E-state index contributed by atoms with van der Waals surface area (Å²) in [4.78, 5) is 24.4. The fraction of sp³-hybridized carbons (Fsp3) is 0.273. The molecule has 92 valence electrons. The van der Waals surface area contributed by atoms with E-state index in [4.69, 9.17) is 23.2 Å². The van der Waals surface area contributed by atoms with E-state index >= 15 is 0 Å². The normalized spacial score (nSPS) is 9.88. The summed E-state index contributed by atoms with van der Waals surface area (Å²) >= 11 is 11.7. The smallest absolute Gasteiger partial charge is 0.328 e. The summed E-state index contributed by atoms with van der Waals surface area (Å²) < 4.78 is 0. The van der Waals surface area contributed by atoms with E-state index < -0.39 is 6.03 Å². The second-order valence-electron chi connectivity index (χ2n) is 3.27. The number of benzene rings is 1. The van der Waals surface area contributed by atoms with Crippen LogP contribution in [0, 0.1) is 0 Å². The fourth-order valence-electron chi connectivity index (χ4n) is 1.31. The van der Waals surface area contributed by atoms with Crippen LogP contribution in [0.1, 0.15) is 13.3 Å². The molecule has 0 saturated heterocycles. The molecule has 0 unspecified atom stereocenters. The van der Waals surface area contributed by atoms with Gasteiger partial charge in [-0.3, -0.25) is 4.79 Å². The van der Waals surface area contributed by atoms with Gasteiger partial charge in [0.25, 0.3) is 0 Å². The highest BCUT2D eigenvalue weighted by Crippen LogP contribution is 2.26. The van der Waals surface area contributed by atoms with Gasteiger partial charge in [0.1, 0.15) is 0 Å². The lowest BCUT2D eigenvalue weighted by Gasteiger charge is -2.20. The zero-order valence-electron chi connectivity index (χ0n) is 9.46. The Hall–Kier alpha value is -1.26. The van der Waals surface area contributed by atoms with E-state index in [0.717, 1.165) is 4.90 Å². The van der Waals surface area contributed by atoms with Crippen molar-refractivity contribution in [1.29, 1.82) is 0 Å². The average Bonchev–Trinajstić information content (AvgIpc) is 2.27. The van der Waals surface area contributed by atoms with Crippen LogP contribution in [0.3, 0.4) is 0 Å². The lowest BCUT2D eigenvalue weighted by Crippen LogP contribution is -2.42. The summed E-state index contributed by atoms with van der Waals surface area (Å²) in [6.45, 7) is 1.67. The summed E-state index contributed by atoms with van der Waals surface area (Å²) in [5.74, 6) is -0.331. The van der Waals surface area contributed by atoms with Crippen LogP contribution in [0.4, 0.5) is 10.5 Å². The number of nitrogens with one attached hydrogen (secondary N) is 1. The summed E-state index contributed by atoms with van der Waals surface area (Å²) in [6, 6.07) is 4.03. The molecule has 0 atom stereocenters. The number of imide groups is 1. The van der Waals surface area contributed by atoms with Gasteiger partial charge in [-0.25, -0.2) is 9.69 Å². The number of hydrogen-bond donors (Lipinski definition) is 1. The van der Waals surface area contributed by atoms with E-state index in [-0.39, 0.29) is 12.3 Å². The fourth-order valence-corrected chi connectivity index (χ4v) is 1.83. The number of carbonyl (C=O) groups excluding carboxylic acids is 2. The first-order valence-corrected chi connectivity index (χ1v) is 5.76. The second-order valence-corrected chi connectivity index (χ2v) is 4.14. The molecule has 1 aromatic carbocycles. The lowest BCUT2D eigenvalue weighted by molar-refractivity contribution is -0.117. The Balaban J connectivity index is 3.21. The molecule has 1 aromatic rings. The molecule has 0 saturated carbocycles.